The molecule has 122 valence electrons. The Kier molecular flexibility index (Phi) is 5.19. The first-order chi connectivity index (χ1) is 10.7. The van der Waals surface area contributed by atoms with Gasteiger partial charge in [-0.05, 0) is 58.2 Å². The van der Waals surface area contributed by atoms with Gasteiger partial charge in [-0.2, -0.15) is 0 Å². The largest absolute Gasteiger partial charge is 0.341 e. The molecule has 2 atom stereocenters. The van der Waals surface area contributed by atoms with Crippen LogP contribution in [-0.2, 0) is 4.79 Å². The third-order valence-corrected chi connectivity index (χ3v) is 6.26. The lowest BCUT2D eigenvalue weighted by atomic mass is 10.1. The van der Waals surface area contributed by atoms with Crippen LogP contribution in [0.5, 0.6) is 0 Å². The van der Waals surface area contributed by atoms with Crippen molar-refractivity contribution < 1.29 is 4.79 Å². The quantitative estimate of drug-likeness (QED) is 0.841. The number of carbonyl (C=O) groups is 1. The van der Waals surface area contributed by atoms with Crippen molar-refractivity contribution in [1.29, 1.82) is 0 Å². The number of hydrogen-bond donors (Lipinski definition) is 0. The molecular formula is C18H28N2OS. The molecule has 3 heterocycles. The summed E-state index contributed by atoms with van der Waals surface area (Å²) < 4.78 is 0. The lowest BCUT2D eigenvalue weighted by Gasteiger charge is -2.33. The van der Waals surface area contributed by atoms with Crippen LogP contribution in [0.1, 0.15) is 61.2 Å². The van der Waals surface area contributed by atoms with E-state index >= 15 is 0 Å². The molecule has 4 heteroatoms. The number of aryl methyl sites for hydroxylation is 1. The third kappa shape index (κ3) is 3.38. The van der Waals surface area contributed by atoms with E-state index in [1.165, 1.54) is 48.3 Å². The van der Waals surface area contributed by atoms with Crippen molar-refractivity contribution in [2.45, 2.75) is 64.5 Å². The molecule has 2 saturated heterocycles. The summed E-state index contributed by atoms with van der Waals surface area (Å²) in [6, 6.07) is 4.93. The topological polar surface area (TPSA) is 23.6 Å². The summed E-state index contributed by atoms with van der Waals surface area (Å²) in [6.07, 6.45) is 7.30. The maximum absolute atomic E-state index is 12.9. The highest BCUT2D eigenvalue weighted by Crippen LogP contribution is 2.37. The third-order valence-electron chi connectivity index (χ3n) is 5.16. The number of likely N-dealkylation sites (tertiary alicyclic amines) is 2. The van der Waals surface area contributed by atoms with Crippen molar-refractivity contribution in [1.82, 2.24) is 9.80 Å². The Hall–Kier alpha value is -0.870. The maximum atomic E-state index is 12.9. The number of nitrogens with zero attached hydrogens (tertiary/aromatic N) is 2. The van der Waals surface area contributed by atoms with Gasteiger partial charge in [-0.3, -0.25) is 9.69 Å². The fraction of sp³-hybridized carbons (Fsp3) is 0.722. The number of rotatable bonds is 3. The van der Waals surface area contributed by atoms with Crippen LogP contribution in [0, 0.1) is 6.92 Å². The van der Waals surface area contributed by atoms with Crippen LogP contribution in [-0.4, -0.2) is 41.4 Å². The van der Waals surface area contributed by atoms with Crippen LogP contribution in [0.2, 0.25) is 0 Å². The van der Waals surface area contributed by atoms with Crippen molar-refractivity contribution in [3.8, 4) is 0 Å². The van der Waals surface area contributed by atoms with Gasteiger partial charge in [-0.1, -0.05) is 12.8 Å². The number of carbonyl (C=O) groups excluding carboxylic acids is 1. The summed E-state index contributed by atoms with van der Waals surface area (Å²) in [6.45, 7) is 7.26. The lowest BCUT2D eigenvalue weighted by Crippen LogP contribution is -2.47. The number of amides is 1. The molecular weight excluding hydrogens is 292 g/mol. The lowest BCUT2D eigenvalue weighted by molar-refractivity contribution is -0.136. The van der Waals surface area contributed by atoms with Gasteiger partial charge in [0.25, 0.3) is 0 Å². The first-order valence-electron chi connectivity index (χ1n) is 8.77. The van der Waals surface area contributed by atoms with Crippen LogP contribution < -0.4 is 0 Å². The van der Waals surface area contributed by atoms with Crippen LogP contribution in [0.3, 0.4) is 0 Å². The van der Waals surface area contributed by atoms with Gasteiger partial charge in [-0.25, -0.2) is 0 Å². The molecule has 3 rings (SSSR count). The molecule has 0 aliphatic carbocycles. The molecule has 3 nitrogen and oxygen atoms in total. The molecule has 2 aliphatic heterocycles. The molecule has 0 bridgehead atoms. The first kappa shape index (κ1) is 16.0. The molecule has 0 spiro atoms. The van der Waals surface area contributed by atoms with Gasteiger partial charge in [0.2, 0.25) is 5.91 Å². The van der Waals surface area contributed by atoms with Gasteiger partial charge in [-0.15, -0.1) is 11.3 Å². The van der Waals surface area contributed by atoms with Gasteiger partial charge in [0.05, 0.1) is 6.04 Å². The maximum Gasteiger partial charge on any atom is 0.239 e. The fourth-order valence-corrected chi connectivity index (χ4v) is 4.92. The minimum absolute atomic E-state index is 0.0213. The summed E-state index contributed by atoms with van der Waals surface area (Å²) in [7, 11) is 0. The molecule has 1 amide bonds. The predicted octanol–water partition coefficient (Wildman–Crippen LogP) is 3.98. The molecule has 2 unspecified atom stereocenters. The molecule has 0 N–H and O–H groups in total. The van der Waals surface area contributed by atoms with E-state index in [-0.39, 0.29) is 6.04 Å². The van der Waals surface area contributed by atoms with Gasteiger partial charge in [0.15, 0.2) is 0 Å². The summed E-state index contributed by atoms with van der Waals surface area (Å²) in [5.74, 6) is 0.349. The molecule has 0 aromatic carbocycles. The van der Waals surface area contributed by atoms with Crippen LogP contribution in [0.4, 0.5) is 0 Å². The van der Waals surface area contributed by atoms with Crippen LogP contribution >= 0.6 is 11.3 Å². The second-order valence-electron chi connectivity index (χ2n) is 6.76. The Labute approximate surface area is 138 Å². The Morgan fingerprint density at radius 2 is 1.86 bits per heavy atom. The molecule has 0 saturated carbocycles. The Balaban J connectivity index is 1.69. The highest BCUT2D eigenvalue weighted by Gasteiger charge is 2.35. The van der Waals surface area contributed by atoms with Crippen molar-refractivity contribution in [2.75, 3.05) is 19.6 Å². The summed E-state index contributed by atoms with van der Waals surface area (Å²) in [5.41, 5.74) is 0. The van der Waals surface area contributed by atoms with E-state index in [2.05, 4.69) is 35.8 Å². The molecule has 22 heavy (non-hydrogen) atoms. The van der Waals surface area contributed by atoms with E-state index in [0.717, 1.165) is 19.6 Å². The van der Waals surface area contributed by atoms with Gasteiger partial charge in [0, 0.05) is 28.9 Å². The normalized spacial score (nSPS) is 25.2. The average Bonchev–Trinajstić information content (AvgIpc) is 3.07. The number of hydrogen-bond acceptors (Lipinski definition) is 3. The second-order valence-corrected chi connectivity index (χ2v) is 8.08. The van der Waals surface area contributed by atoms with Gasteiger partial charge in [0.1, 0.15) is 0 Å². The zero-order valence-electron chi connectivity index (χ0n) is 13.9. The highest BCUT2D eigenvalue weighted by molar-refractivity contribution is 7.12. The average molecular weight is 321 g/mol. The zero-order valence-corrected chi connectivity index (χ0v) is 14.7. The predicted molar refractivity (Wildman–Crippen MR) is 92.2 cm³/mol. The van der Waals surface area contributed by atoms with E-state index in [4.69, 9.17) is 0 Å². The molecule has 1 aromatic rings. The summed E-state index contributed by atoms with van der Waals surface area (Å²) in [4.78, 5) is 20.3. The summed E-state index contributed by atoms with van der Waals surface area (Å²) in [5, 5.41) is 0. The molecule has 1 aromatic heterocycles. The smallest absolute Gasteiger partial charge is 0.239 e. The summed E-state index contributed by atoms with van der Waals surface area (Å²) >= 11 is 1.89. The van der Waals surface area contributed by atoms with Gasteiger partial charge < -0.3 is 4.90 Å². The fourth-order valence-electron chi connectivity index (χ4n) is 3.89. The molecule has 2 fully saturated rings. The van der Waals surface area contributed by atoms with E-state index in [1.54, 1.807) is 0 Å². The zero-order chi connectivity index (χ0) is 15.5. The molecule has 0 radical (unpaired) electrons. The molecule has 2 aliphatic rings. The first-order valence-corrected chi connectivity index (χ1v) is 9.59. The van der Waals surface area contributed by atoms with Crippen molar-refractivity contribution in [3.05, 3.63) is 21.9 Å². The number of thiophene rings is 1. The monoisotopic (exact) mass is 320 g/mol. The SMILES string of the molecule is Cc1ccc(C2CCCN2C(C)C(=O)N2CCCCCC2)s1. The highest BCUT2D eigenvalue weighted by atomic mass is 32.1. The Bertz CT molecular complexity index is 505. The van der Waals surface area contributed by atoms with E-state index in [9.17, 15) is 4.79 Å². The second kappa shape index (κ2) is 7.14. The minimum atomic E-state index is 0.0213. The van der Waals surface area contributed by atoms with Crippen molar-refractivity contribution in [2.24, 2.45) is 0 Å². The minimum Gasteiger partial charge on any atom is -0.341 e. The Morgan fingerprint density at radius 3 is 2.50 bits per heavy atom. The van der Waals surface area contributed by atoms with Crippen LogP contribution in [0.25, 0.3) is 0 Å². The Morgan fingerprint density at radius 1 is 1.14 bits per heavy atom. The van der Waals surface area contributed by atoms with E-state index in [0.29, 0.717) is 11.9 Å². The van der Waals surface area contributed by atoms with E-state index < -0.39 is 0 Å². The van der Waals surface area contributed by atoms with Crippen LogP contribution in [0.15, 0.2) is 12.1 Å². The van der Waals surface area contributed by atoms with Crippen molar-refractivity contribution >= 4 is 17.2 Å². The standard InChI is InChI=1S/C18H28N2OS/c1-14-9-10-17(22-14)16-8-7-13-20(16)15(2)18(21)19-11-5-3-4-6-12-19/h9-10,15-16H,3-8,11-13H2,1-2H3. The van der Waals surface area contributed by atoms with E-state index in [1.807, 2.05) is 11.3 Å². The van der Waals surface area contributed by atoms with Crippen molar-refractivity contribution in [3.63, 3.8) is 0 Å². The van der Waals surface area contributed by atoms with Gasteiger partial charge >= 0.3 is 0 Å².